The third kappa shape index (κ3) is 4.01. The molecule has 32 heavy (non-hydrogen) atoms. The highest BCUT2D eigenvalue weighted by Gasteiger charge is 2.46. The van der Waals surface area contributed by atoms with Crippen LogP contribution in [0.1, 0.15) is 24.1 Å². The van der Waals surface area contributed by atoms with Crippen molar-refractivity contribution in [2.75, 3.05) is 40.1 Å². The van der Waals surface area contributed by atoms with E-state index >= 15 is 0 Å². The van der Waals surface area contributed by atoms with Crippen LogP contribution in [0.15, 0.2) is 48.0 Å². The fraction of sp³-hybridized carbons (Fsp3) is 0.333. The summed E-state index contributed by atoms with van der Waals surface area (Å²) in [5.74, 6) is -0.0555. The van der Waals surface area contributed by atoms with Crippen LogP contribution in [0, 0.1) is 0 Å². The number of hydrogen-bond donors (Lipinski definition) is 1. The summed E-state index contributed by atoms with van der Waals surface area (Å²) >= 11 is 0. The topological polar surface area (TPSA) is 94.5 Å². The van der Waals surface area contributed by atoms with E-state index in [2.05, 4.69) is 0 Å². The zero-order valence-electron chi connectivity index (χ0n) is 18.0. The Kier molecular flexibility index (Phi) is 6.32. The van der Waals surface area contributed by atoms with Crippen molar-refractivity contribution in [2.45, 2.75) is 13.0 Å². The number of carbonyl (C=O) groups is 2. The van der Waals surface area contributed by atoms with Crippen LogP contribution in [0.5, 0.6) is 17.2 Å². The number of ketones is 1. The number of methoxy groups -OCH3 is 1. The maximum Gasteiger partial charge on any atom is 0.295 e. The molecule has 0 bridgehead atoms. The minimum Gasteiger partial charge on any atom is -0.507 e. The third-order valence-corrected chi connectivity index (χ3v) is 5.38. The van der Waals surface area contributed by atoms with Crippen molar-refractivity contribution in [1.82, 2.24) is 4.90 Å². The van der Waals surface area contributed by atoms with Gasteiger partial charge in [0.25, 0.3) is 11.7 Å². The Balaban J connectivity index is 1.82. The summed E-state index contributed by atoms with van der Waals surface area (Å²) in [6.45, 7) is 3.63. The van der Waals surface area contributed by atoms with Crippen molar-refractivity contribution in [2.24, 2.45) is 0 Å². The lowest BCUT2D eigenvalue weighted by Gasteiger charge is -2.25. The number of aliphatic hydroxyl groups is 1. The Morgan fingerprint density at radius 2 is 1.91 bits per heavy atom. The van der Waals surface area contributed by atoms with Gasteiger partial charge in [-0.25, -0.2) is 0 Å². The zero-order chi connectivity index (χ0) is 22.7. The fourth-order valence-corrected chi connectivity index (χ4v) is 3.93. The number of aliphatic hydroxyl groups excluding tert-OH is 1. The Morgan fingerprint density at radius 1 is 1.12 bits per heavy atom. The number of nitrogens with zero attached hydrogens (tertiary/aromatic N) is 1. The average Bonchev–Trinajstić information content (AvgIpc) is 3.07. The summed E-state index contributed by atoms with van der Waals surface area (Å²) in [5, 5.41) is 11.2. The van der Waals surface area contributed by atoms with Crippen molar-refractivity contribution in [1.29, 1.82) is 0 Å². The van der Waals surface area contributed by atoms with Gasteiger partial charge >= 0.3 is 0 Å². The van der Waals surface area contributed by atoms with Gasteiger partial charge in [0, 0.05) is 19.2 Å². The number of ether oxygens (including phenoxy) is 4. The summed E-state index contributed by atoms with van der Waals surface area (Å²) in [6.07, 6.45) is 0. The van der Waals surface area contributed by atoms with Crippen molar-refractivity contribution in [3.05, 3.63) is 59.2 Å². The lowest BCUT2D eigenvalue weighted by Crippen LogP contribution is -2.32. The summed E-state index contributed by atoms with van der Waals surface area (Å²) in [7, 11) is 1.52. The van der Waals surface area contributed by atoms with Crippen LogP contribution in [0.4, 0.5) is 0 Å². The molecule has 0 aromatic heterocycles. The number of Topliss-reactive ketones (excluding diaryl/α,β-unsaturated/α-hetero) is 1. The van der Waals surface area contributed by atoms with Gasteiger partial charge in [0.2, 0.25) is 0 Å². The molecule has 8 heteroatoms. The minimum absolute atomic E-state index is 0.0106. The molecule has 2 aromatic rings. The van der Waals surface area contributed by atoms with Crippen molar-refractivity contribution < 1.29 is 33.6 Å². The first kappa shape index (κ1) is 21.7. The second kappa shape index (κ2) is 9.32. The summed E-state index contributed by atoms with van der Waals surface area (Å²) in [6, 6.07) is 11.3. The van der Waals surface area contributed by atoms with E-state index in [1.807, 2.05) is 6.92 Å². The third-order valence-electron chi connectivity index (χ3n) is 5.38. The Labute approximate surface area is 185 Å². The molecule has 168 valence electrons. The molecule has 1 amide bonds. The van der Waals surface area contributed by atoms with Crippen LogP contribution in [0.2, 0.25) is 0 Å². The van der Waals surface area contributed by atoms with E-state index < -0.39 is 17.7 Å². The molecule has 2 aliphatic heterocycles. The van der Waals surface area contributed by atoms with E-state index in [-0.39, 0.29) is 24.5 Å². The molecule has 2 aliphatic rings. The van der Waals surface area contributed by atoms with Gasteiger partial charge in [0.05, 0.1) is 24.8 Å². The van der Waals surface area contributed by atoms with E-state index in [1.165, 1.54) is 12.0 Å². The van der Waals surface area contributed by atoms with Crippen LogP contribution < -0.4 is 14.2 Å². The normalized spacial score (nSPS) is 19.3. The van der Waals surface area contributed by atoms with Gasteiger partial charge in [-0.1, -0.05) is 12.1 Å². The van der Waals surface area contributed by atoms with Crippen molar-refractivity contribution in [3.63, 3.8) is 0 Å². The van der Waals surface area contributed by atoms with Gasteiger partial charge in [-0.2, -0.15) is 0 Å². The molecule has 1 saturated heterocycles. The molecule has 0 radical (unpaired) electrons. The van der Waals surface area contributed by atoms with Gasteiger partial charge in [-0.3, -0.25) is 9.59 Å². The van der Waals surface area contributed by atoms with Crippen LogP contribution in [0.25, 0.3) is 5.76 Å². The lowest BCUT2D eigenvalue weighted by molar-refractivity contribution is -0.140. The summed E-state index contributed by atoms with van der Waals surface area (Å²) in [4.78, 5) is 27.3. The van der Waals surface area contributed by atoms with E-state index in [9.17, 15) is 14.7 Å². The highest BCUT2D eigenvalue weighted by atomic mass is 16.6. The van der Waals surface area contributed by atoms with Gasteiger partial charge in [0.1, 0.15) is 24.7 Å². The molecule has 4 rings (SSSR count). The quantitative estimate of drug-likeness (QED) is 0.403. The number of amides is 1. The Hall–Kier alpha value is -3.52. The number of carbonyl (C=O) groups excluding carboxylic acids is 2. The summed E-state index contributed by atoms with van der Waals surface area (Å²) in [5.41, 5.74) is 1.03. The molecular formula is C24H25NO7. The number of hydrogen-bond acceptors (Lipinski definition) is 7. The second-order valence-electron chi connectivity index (χ2n) is 7.35. The Bertz CT molecular complexity index is 1060. The molecule has 1 unspecified atom stereocenters. The molecule has 8 nitrogen and oxygen atoms in total. The number of fused-ring (bicyclic) bond motifs is 1. The van der Waals surface area contributed by atoms with Crippen LogP contribution in [-0.2, 0) is 14.3 Å². The van der Waals surface area contributed by atoms with Crippen LogP contribution in [-0.4, -0.2) is 61.8 Å². The molecule has 2 aromatic carbocycles. The van der Waals surface area contributed by atoms with Crippen LogP contribution in [0.3, 0.4) is 0 Å². The second-order valence-corrected chi connectivity index (χ2v) is 7.35. The number of likely N-dealkylation sites (tertiary alicyclic amines) is 1. The highest BCUT2D eigenvalue weighted by molar-refractivity contribution is 6.46. The van der Waals surface area contributed by atoms with Gasteiger partial charge < -0.3 is 29.0 Å². The number of benzene rings is 2. The number of rotatable bonds is 7. The molecule has 0 saturated carbocycles. The first-order chi connectivity index (χ1) is 15.5. The minimum atomic E-state index is -0.779. The maximum absolute atomic E-state index is 13.0. The van der Waals surface area contributed by atoms with Gasteiger partial charge in [-0.05, 0) is 42.8 Å². The molecule has 2 heterocycles. The molecule has 1 atom stereocenters. The SMILES string of the molecule is CCOc1cccc(C2/C(=C(\O)c3ccc4c(c3)OCCO4)C(=O)C(=O)N2CCOC)c1. The molecule has 0 aliphatic carbocycles. The van der Waals surface area contributed by atoms with Gasteiger partial charge in [-0.15, -0.1) is 0 Å². The van der Waals surface area contributed by atoms with E-state index in [0.717, 1.165) is 0 Å². The average molecular weight is 439 g/mol. The van der Waals surface area contributed by atoms with E-state index in [4.69, 9.17) is 18.9 Å². The van der Waals surface area contributed by atoms with Crippen LogP contribution >= 0.6 is 0 Å². The molecule has 0 spiro atoms. The molecular weight excluding hydrogens is 414 g/mol. The lowest BCUT2D eigenvalue weighted by atomic mass is 9.95. The monoisotopic (exact) mass is 439 g/mol. The standard InChI is InChI=1S/C24H25NO7/c1-3-30-17-6-4-5-15(13-17)21-20(23(27)24(28)25(21)9-10-29-2)22(26)16-7-8-18-19(14-16)32-12-11-31-18/h4-8,13-14,21,26H,3,9-12H2,1-2H3/b22-20+. The predicted molar refractivity (Wildman–Crippen MR) is 116 cm³/mol. The molecule has 1 N–H and O–H groups in total. The fourth-order valence-electron chi connectivity index (χ4n) is 3.93. The summed E-state index contributed by atoms with van der Waals surface area (Å²) < 4.78 is 21.9. The zero-order valence-corrected chi connectivity index (χ0v) is 18.0. The smallest absolute Gasteiger partial charge is 0.295 e. The molecule has 1 fully saturated rings. The first-order valence-corrected chi connectivity index (χ1v) is 10.4. The van der Waals surface area contributed by atoms with E-state index in [1.54, 1.807) is 42.5 Å². The largest absolute Gasteiger partial charge is 0.507 e. The van der Waals surface area contributed by atoms with E-state index in [0.29, 0.717) is 48.2 Å². The predicted octanol–water partition coefficient (Wildman–Crippen LogP) is 2.92. The first-order valence-electron chi connectivity index (χ1n) is 10.4. The highest BCUT2D eigenvalue weighted by Crippen LogP contribution is 2.41. The van der Waals surface area contributed by atoms with Crippen molar-refractivity contribution >= 4 is 17.4 Å². The Morgan fingerprint density at radius 3 is 2.66 bits per heavy atom. The van der Waals surface area contributed by atoms with Gasteiger partial charge in [0.15, 0.2) is 11.5 Å². The maximum atomic E-state index is 13.0. The van der Waals surface area contributed by atoms with Crippen molar-refractivity contribution in [3.8, 4) is 17.2 Å².